The van der Waals surface area contributed by atoms with Crippen molar-refractivity contribution >= 4 is 5.97 Å². The number of hydrogen-bond donors (Lipinski definition) is 2. The molecule has 0 aliphatic heterocycles. The first kappa shape index (κ1) is 15.5. The van der Waals surface area contributed by atoms with Crippen LogP contribution in [0.25, 0.3) is 0 Å². The average molecular weight is 255 g/mol. The van der Waals surface area contributed by atoms with Gasteiger partial charge in [-0.3, -0.25) is 4.79 Å². The van der Waals surface area contributed by atoms with Gasteiger partial charge in [0, 0.05) is 12.5 Å². The van der Waals surface area contributed by atoms with Crippen molar-refractivity contribution in [2.45, 2.75) is 77.7 Å². The predicted molar refractivity (Wildman–Crippen MR) is 74.8 cm³/mol. The summed E-state index contributed by atoms with van der Waals surface area (Å²) in [5.41, 5.74) is 0.135. The molecule has 1 rings (SSSR count). The van der Waals surface area contributed by atoms with Crippen LogP contribution in [0, 0.1) is 5.41 Å². The Kier molecular flexibility index (Phi) is 6.69. The quantitative estimate of drug-likeness (QED) is 0.684. The van der Waals surface area contributed by atoms with E-state index >= 15 is 0 Å². The van der Waals surface area contributed by atoms with E-state index in [0.717, 1.165) is 19.4 Å². The number of carboxylic acids is 1. The molecule has 1 aliphatic carbocycles. The van der Waals surface area contributed by atoms with E-state index in [1.165, 1.54) is 38.5 Å². The number of rotatable bonds is 7. The molecule has 0 aromatic rings. The van der Waals surface area contributed by atoms with Gasteiger partial charge in [0.25, 0.3) is 0 Å². The fraction of sp³-hybridized carbons (Fsp3) is 0.933. The number of aliphatic carboxylic acids is 1. The molecule has 1 saturated carbocycles. The number of hydrogen-bond acceptors (Lipinski definition) is 2. The summed E-state index contributed by atoms with van der Waals surface area (Å²) >= 11 is 0. The summed E-state index contributed by atoms with van der Waals surface area (Å²) < 4.78 is 0. The van der Waals surface area contributed by atoms with Crippen molar-refractivity contribution < 1.29 is 9.90 Å². The SMILES string of the molecule is CC(C)(CCNC1CCCCCC1)CCC(=O)O. The molecule has 2 N–H and O–H groups in total. The maximum absolute atomic E-state index is 10.6. The Morgan fingerprint density at radius 2 is 1.78 bits per heavy atom. The first-order valence-electron chi connectivity index (χ1n) is 7.45. The van der Waals surface area contributed by atoms with E-state index in [-0.39, 0.29) is 11.8 Å². The molecule has 0 aromatic carbocycles. The van der Waals surface area contributed by atoms with Gasteiger partial charge in [0.1, 0.15) is 0 Å². The maximum Gasteiger partial charge on any atom is 0.303 e. The Hall–Kier alpha value is -0.570. The third-order valence-corrected chi connectivity index (χ3v) is 4.11. The van der Waals surface area contributed by atoms with Gasteiger partial charge < -0.3 is 10.4 Å². The smallest absolute Gasteiger partial charge is 0.303 e. The van der Waals surface area contributed by atoms with Crippen molar-refractivity contribution in [2.24, 2.45) is 5.41 Å². The van der Waals surface area contributed by atoms with E-state index < -0.39 is 5.97 Å². The molecule has 0 saturated heterocycles. The summed E-state index contributed by atoms with van der Waals surface area (Å²) in [6, 6.07) is 0.697. The van der Waals surface area contributed by atoms with Gasteiger partial charge >= 0.3 is 5.97 Å². The molecule has 3 nitrogen and oxygen atoms in total. The van der Waals surface area contributed by atoms with Crippen molar-refractivity contribution in [3.05, 3.63) is 0 Å². The van der Waals surface area contributed by atoms with Crippen molar-refractivity contribution in [3.63, 3.8) is 0 Å². The molecule has 0 heterocycles. The van der Waals surface area contributed by atoms with Gasteiger partial charge in [-0.2, -0.15) is 0 Å². The van der Waals surface area contributed by atoms with Crippen molar-refractivity contribution in [3.8, 4) is 0 Å². The average Bonchev–Trinajstić information content (AvgIpc) is 2.55. The normalized spacial score (nSPS) is 18.6. The largest absolute Gasteiger partial charge is 0.481 e. The fourth-order valence-corrected chi connectivity index (χ4v) is 2.67. The molecule has 0 unspecified atom stereocenters. The topological polar surface area (TPSA) is 49.3 Å². The lowest BCUT2D eigenvalue weighted by Crippen LogP contribution is -2.32. The van der Waals surface area contributed by atoms with E-state index in [2.05, 4.69) is 19.2 Å². The number of carboxylic acid groups (broad SMARTS) is 1. The predicted octanol–water partition coefficient (Wildman–Crippen LogP) is 3.58. The third kappa shape index (κ3) is 7.00. The van der Waals surface area contributed by atoms with Gasteiger partial charge in [-0.05, 0) is 37.6 Å². The van der Waals surface area contributed by atoms with Crippen LogP contribution in [0.5, 0.6) is 0 Å². The van der Waals surface area contributed by atoms with E-state index in [1.54, 1.807) is 0 Å². The Labute approximate surface area is 111 Å². The molecule has 106 valence electrons. The molecule has 0 atom stereocenters. The van der Waals surface area contributed by atoms with Crippen LogP contribution in [-0.4, -0.2) is 23.7 Å². The molecule has 3 heteroatoms. The summed E-state index contributed by atoms with van der Waals surface area (Å²) in [5, 5.41) is 12.4. The molecule has 0 bridgehead atoms. The Bertz CT molecular complexity index is 243. The Morgan fingerprint density at radius 1 is 1.17 bits per heavy atom. The highest BCUT2D eigenvalue weighted by atomic mass is 16.4. The lowest BCUT2D eigenvalue weighted by atomic mass is 9.84. The minimum Gasteiger partial charge on any atom is -0.481 e. The zero-order chi connectivity index (χ0) is 13.4. The first-order valence-corrected chi connectivity index (χ1v) is 7.45. The lowest BCUT2D eigenvalue weighted by Gasteiger charge is -2.25. The number of carbonyl (C=O) groups is 1. The van der Waals surface area contributed by atoms with Crippen LogP contribution in [0.15, 0.2) is 0 Å². The van der Waals surface area contributed by atoms with Gasteiger partial charge in [0.2, 0.25) is 0 Å². The molecule has 0 radical (unpaired) electrons. The summed E-state index contributed by atoms with van der Waals surface area (Å²) in [7, 11) is 0. The third-order valence-electron chi connectivity index (χ3n) is 4.11. The van der Waals surface area contributed by atoms with Crippen LogP contribution in [-0.2, 0) is 4.79 Å². The maximum atomic E-state index is 10.6. The zero-order valence-corrected chi connectivity index (χ0v) is 12.0. The molecule has 0 spiro atoms. The van der Waals surface area contributed by atoms with Crippen LogP contribution in [0.2, 0.25) is 0 Å². The minimum absolute atomic E-state index is 0.135. The van der Waals surface area contributed by atoms with Gasteiger partial charge in [-0.15, -0.1) is 0 Å². The fourth-order valence-electron chi connectivity index (χ4n) is 2.67. The second kappa shape index (κ2) is 7.78. The molecule has 1 fully saturated rings. The first-order chi connectivity index (χ1) is 8.49. The van der Waals surface area contributed by atoms with Gasteiger partial charge in [-0.25, -0.2) is 0 Å². The van der Waals surface area contributed by atoms with Gasteiger partial charge in [0.05, 0.1) is 0 Å². The Balaban J connectivity index is 2.16. The van der Waals surface area contributed by atoms with Crippen molar-refractivity contribution in [1.29, 1.82) is 0 Å². The second-order valence-corrected chi connectivity index (χ2v) is 6.45. The molecule has 18 heavy (non-hydrogen) atoms. The van der Waals surface area contributed by atoms with Crippen LogP contribution in [0.3, 0.4) is 0 Å². The van der Waals surface area contributed by atoms with Gasteiger partial charge in [0.15, 0.2) is 0 Å². The van der Waals surface area contributed by atoms with Crippen molar-refractivity contribution in [2.75, 3.05) is 6.54 Å². The van der Waals surface area contributed by atoms with Crippen LogP contribution >= 0.6 is 0 Å². The van der Waals surface area contributed by atoms with Gasteiger partial charge in [-0.1, -0.05) is 39.5 Å². The standard InChI is InChI=1S/C15H29NO2/c1-15(2,10-9-14(17)18)11-12-16-13-7-5-3-4-6-8-13/h13,16H,3-12H2,1-2H3,(H,17,18). The van der Waals surface area contributed by atoms with E-state index in [1.807, 2.05) is 0 Å². The summed E-state index contributed by atoms with van der Waals surface area (Å²) in [6.45, 7) is 5.37. The molecule has 0 aromatic heterocycles. The van der Waals surface area contributed by atoms with E-state index in [0.29, 0.717) is 6.04 Å². The highest BCUT2D eigenvalue weighted by molar-refractivity contribution is 5.66. The summed E-state index contributed by atoms with van der Waals surface area (Å²) in [4.78, 5) is 10.6. The van der Waals surface area contributed by atoms with E-state index in [4.69, 9.17) is 5.11 Å². The van der Waals surface area contributed by atoms with Crippen LogP contribution < -0.4 is 5.32 Å². The zero-order valence-electron chi connectivity index (χ0n) is 12.0. The highest BCUT2D eigenvalue weighted by Gasteiger charge is 2.19. The summed E-state index contributed by atoms with van der Waals surface area (Å²) in [6.07, 6.45) is 10.3. The second-order valence-electron chi connectivity index (χ2n) is 6.45. The van der Waals surface area contributed by atoms with Crippen molar-refractivity contribution in [1.82, 2.24) is 5.32 Å². The lowest BCUT2D eigenvalue weighted by molar-refractivity contribution is -0.137. The minimum atomic E-state index is -0.681. The molecule has 0 amide bonds. The Morgan fingerprint density at radius 3 is 2.33 bits per heavy atom. The van der Waals surface area contributed by atoms with Crippen LogP contribution in [0.1, 0.15) is 71.6 Å². The summed E-state index contributed by atoms with van der Waals surface area (Å²) in [5.74, 6) is -0.681. The van der Waals surface area contributed by atoms with E-state index in [9.17, 15) is 4.79 Å². The number of nitrogens with one attached hydrogen (secondary N) is 1. The monoisotopic (exact) mass is 255 g/mol. The highest BCUT2D eigenvalue weighted by Crippen LogP contribution is 2.26. The molecule has 1 aliphatic rings. The molecular weight excluding hydrogens is 226 g/mol. The molecular formula is C15H29NO2. The van der Waals surface area contributed by atoms with Crippen LogP contribution in [0.4, 0.5) is 0 Å².